The van der Waals surface area contributed by atoms with Crippen molar-refractivity contribution < 1.29 is 13.6 Å². The zero-order valence-corrected chi connectivity index (χ0v) is 14.2. The lowest BCUT2D eigenvalue weighted by molar-refractivity contribution is -0.123. The molecule has 136 valence electrons. The first kappa shape index (κ1) is 15.9. The number of carbonyl (C=O) groups excluding carboxylic acids is 1. The van der Waals surface area contributed by atoms with Gasteiger partial charge in [0.25, 0.3) is 0 Å². The van der Waals surface area contributed by atoms with Crippen molar-refractivity contribution in [3.63, 3.8) is 0 Å². The molecule has 8 heteroatoms. The highest BCUT2D eigenvalue weighted by atomic mass is 19.1. The quantitative estimate of drug-likeness (QED) is 0.681. The van der Waals surface area contributed by atoms with Crippen molar-refractivity contribution in [1.29, 1.82) is 0 Å². The molecule has 2 heterocycles. The maximum absolute atomic E-state index is 14.2. The summed E-state index contributed by atoms with van der Waals surface area (Å²) in [4.78, 5) is 16.7. The van der Waals surface area contributed by atoms with E-state index >= 15 is 0 Å². The smallest absolute Gasteiger partial charge is 0.235 e. The molecule has 1 aliphatic heterocycles. The zero-order valence-electron chi connectivity index (χ0n) is 14.2. The fraction of sp³-hybridized carbons (Fsp3) is 0.211. The Bertz CT molecular complexity index is 1100. The summed E-state index contributed by atoms with van der Waals surface area (Å²) in [6, 6.07) is 6.80. The molecular formula is C19H15F2N5O. The van der Waals surface area contributed by atoms with E-state index in [1.165, 1.54) is 17.1 Å². The molecule has 1 aliphatic carbocycles. The Balaban J connectivity index is 1.67. The first-order valence-corrected chi connectivity index (χ1v) is 8.61. The Hall–Kier alpha value is -3.29. The fourth-order valence-corrected chi connectivity index (χ4v) is 3.96. The Kier molecular flexibility index (Phi) is 3.16. The van der Waals surface area contributed by atoms with E-state index in [-0.39, 0.29) is 11.6 Å². The molecular weight excluding hydrogens is 352 g/mol. The number of carbonyl (C=O) groups is 1. The average Bonchev–Trinajstić information content (AvgIpc) is 3.16. The van der Waals surface area contributed by atoms with Gasteiger partial charge in [-0.15, -0.1) is 0 Å². The summed E-state index contributed by atoms with van der Waals surface area (Å²) >= 11 is 0. The van der Waals surface area contributed by atoms with Crippen LogP contribution in [0.25, 0.3) is 17.1 Å². The number of halogens is 2. The van der Waals surface area contributed by atoms with E-state index in [0.29, 0.717) is 22.8 Å². The lowest BCUT2D eigenvalue weighted by atomic mass is 9.65. The van der Waals surface area contributed by atoms with Crippen LogP contribution in [0, 0.1) is 11.6 Å². The number of rotatable bonds is 2. The number of anilines is 2. The van der Waals surface area contributed by atoms with E-state index in [1.54, 1.807) is 6.07 Å². The number of nitrogen functional groups attached to an aromatic ring is 1. The number of aromatic nitrogens is 3. The summed E-state index contributed by atoms with van der Waals surface area (Å²) in [5.41, 5.74) is 8.26. The van der Waals surface area contributed by atoms with Crippen LogP contribution in [0.15, 0.2) is 36.7 Å². The summed E-state index contributed by atoms with van der Waals surface area (Å²) < 4.78 is 28.8. The van der Waals surface area contributed by atoms with Crippen LogP contribution in [0.1, 0.15) is 24.8 Å². The van der Waals surface area contributed by atoms with Gasteiger partial charge in [0.15, 0.2) is 11.6 Å². The molecule has 2 aromatic carbocycles. The number of benzene rings is 2. The number of nitrogens with two attached hydrogens (primary N) is 1. The van der Waals surface area contributed by atoms with Crippen molar-refractivity contribution in [2.24, 2.45) is 0 Å². The van der Waals surface area contributed by atoms with Gasteiger partial charge >= 0.3 is 0 Å². The van der Waals surface area contributed by atoms with Crippen LogP contribution in [-0.4, -0.2) is 20.7 Å². The van der Waals surface area contributed by atoms with E-state index in [0.717, 1.165) is 37.0 Å². The SMILES string of the molecule is Nc1cc(-c2ncnn2-c2ccc(F)cc2F)cc2c1NC(=O)C21CCC1. The van der Waals surface area contributed by atoms with Gasteiger partial charge in [0, 0.05) is 11.6 Å². The molecule has 1 fully saturated rings. The van der Waals surface area contributed by atoms with Crippen LogP contribution >= 0.6 is 0 Å². The van der Waals surface area contributed by atoms with Crippen molar-refractivity contribution in [2.75, 3.05) is 11.1 Å². The number of fused-ring (bicyclic) bond motifs is 2. The summed E-state index contributed by atoms with van der Waals surface area (Å²) in [5.74, 6) is -1.08. The molecule has 1 amide bonds. The highest BCUT2D eigenvalue weighted by Crippen LogP contribution is 2.53. The Morgan fingerprint density at radius 3 is 2.70 bits per heavy atom. The van der Waals surface area contributed by atoms with Crippen LogP contribution in [0.4, 0.5) is 20.2 Å². The first-order chi connectivity index (χ1) is 13.0. The topological polar surface area (TPSA) is 85.8 Å². The average molecular weight is 367 g/mol. The Morgan fingerprint density at radius 1 is 1.19 bits per heavy atom. The maximum Gasteiger partial charge on any atom is 0.235 e. The van der Waals surface area contributed by atoms with E-state index in [4.69, 9.17) is 5.73 Å². The van der Waals surface area contributed by atoms with Crippen molar-refractivity contribution in [2.45, 2.75) is 24.7 Å². The van der Waals surface area contributed by atoms with Gasteiger partial charge in [0.05, 0.1) is 16.8 Å². The fourth-order valence-electron chi connectivity index (χ4n) is 3.96. The standard InChI is InChI=1S/C19H15F2N5O/c20-11-2-3-15(13(21)8-11)26-17(23-9-24-26)10-6-12-16(14(22)7-10)25-18(27)19(12)4-1-5-19/h2-3,6-9H,1,4-5,22H2,(H,25,27). The van der Waals surface area contributed by atoms with Crippen LogP contribution in [0.2, 0.25) is 0 Å². The molecule has 0 radical (unpaired) electrons. The van der Waals surface area contributed by atoms with Gasteiger partial charge in [-0.3, -0.25) is 4.79 Å². The second kappa shape index (κ2) is 5.35. The van der Waals surface area contributed by atoms with Gasteiger partial charge in [-0.05, 0) is 42.7 Å². The molecule has 0 saturated heterocycles. The molecule has 3 aromatic rings. The second-order valence-corrected chi connectivity index (χ2v) is 6.97. The van der Waals surface area contributed by atoms with E-state index in [9.17, 15) is 13.6 Å². The van der Waals surface area contributed by atoms with Gasteiger partial charge in [0.1, 0.15) is 17.8 Å². The molecule has 1 aromatic heterocycles. The molecule has 2 aliphatic rings. The summed E-state index contributed by atoms with van der Waals surface area (Å²) in [6.45, 7) is 0. The van der Waals surface area contributed by atoms with Gasteiger partial charge in [-0.1, -0.05) is 6.42 Å². The van der Waals surface area contributed by atoms with Crippen molar-refractivity contribution >= 4 is 17.3 Å². The van der Waals surface area contributed by atoms with Crippen molar-refractivity contribution in [1.82, 2.24) is 14.8 Å². The van der Waals surface area contributed by atoms with Crippen LogP contribution in [0.3, 0.4) is 0 Å². The predicted molar refractivity (Wildman–Crippen MR) is 95.3 cm³/mol. The maximum atomic E-state index is 14.2. The largest absolute Gasteiger partial charge is 0.397 e. The number of hydrogen-bond acceptors (Lipinski definition) is 4. The third-order valence-electron chi connectivity index (χ3n) is 5.51. The van der Waals surface area contributed by atoms with Gasteiger partial charge in [0.2, 0.25) is 5.91 Å². The lowest BCUT2D eigenvalue weighted by Crippen LogP contribution is -2.40. The second-order valence-electron chi connectivity index (χ2n) is 6.97. The molecule has 5 rings (SSSR count). The highest BCUT2D eigenvalue weighted by molar-refractivity contribution is 6.10. The van der Waals surface area contributed by atoms with E-state index < -0.39 is 17.0 Å². The van der Waals surface area contributed by atoms with Gasteiger partial charge < -0.3 is 11.1 Å². The highest BCUT2D eigenvalue weighted by Gasteiger charge is 2.51. The molecule has 1 spiro atoms. The molecule has 27 heavy (non-hydrogen) atoms. The minimum atomic E-state index is -0.747. The van der Waals surface area contributed by atoms with Crippen LogP contribution < -0.4 is 11.1 Å². The van der Waals surface area contributed by atoms with Crippen molar-refractivity contribution in [3.05, 3.63) is 53.9 Å². The van der Waals surface area contributed by atoms with Gasteiger partial charge in [-0.25, -0.2) is 18.4 Å². The van der Waals surface area contributed by atoms with Crippen LogP contribution in [-0.2, 0) is 10.2 Å². The summed E-state index contributed by atoms with van der Waals surface area (Å²) in [5, 5.41) is 6.97. The molecule has 0 bridgehead atoms. The molecule has 6 nitrogen and oxygen atoms in total. The monoisotopic (exact) mass is 367 g/mol. The van der Waals surface area contributed by atoms with E-state index in [2.05, 4.69) is 15.4 Å². The minimum Gasteiger partial charge on any atom is -0.397 e. The first-order valence-electron chi connectivity index (χ1n) is 8.61. The molecule has 0 atom stereocenters. The summed E-state index contributed by atoms with van der Waals surface area (Å²) in [7, 11) is 0. The predicted octanol–water partition coefficient (Wildman–Crippen LogP) is 3.17. The Morgan fingerprint density at radius 2 is 2.00 bits per heavy atom. The number of nitrogens with one attached hydrogen (secondary N) is 1. The minimum absolute atomic E-state index is 0.0290. The number of hydrogen-bond donors (Lipinski definition) is 2. The van der Waals surface area contributed by atoms with Crippen molar-refractivity contribution in [3.8, 4) is 17.1 Å². The Labute approximate surface area is 153 Å². The molecule has 3 N–H and O–H groups in total. The van der Waals surface area contributed by atoms with E-state index in [1.807, 2.05) is 6.07 Å². The molecule has 1 saturated carbocycles. The molecule has 0 unspecified atom stereocenters. The number of nitrogens with zero attached hydrogens (tertiary/aromatic N) is 3. The normalized spacial score (nSPS) is 16.9. The summed E-state index contributed by atoms with van der Waals surface area (Å²) in [6.07, 6.45) is 3.82. The van der Waals surface area contributed by atoms with Gasteiger partial charge in [-0.2, -0.15) is 5.10 Å². The number of amides is 1. The van der Waals surface area contributed by atoms with Crippen LogP contribution in [0.5, 0.6) is 0 Å². The zero-order chi connectivity index (χ0) is 18.8. The third kappa shape index (κ3) is 2.12. The lowest BCUT2D eigenvalue weighted by Gasteiger charge is -2.36. The third-order valence-corrected chi connectivity index (χ3v) is 5.51.